The van der Waals surface area contributed by atoms with Crippen LogP contribution in [0, 0.1) is 5.92 Å². The van der Waals surface area contributed by atoms with Crippen LogP contribution in [0.5, 0.6) is 0 Å². The van der Waals surface area contributed by atoms with Gasteiger partial charge in [0.15, 0.2) is 0 Å². The highest BCUT2D eigenvalue weighted by Crippen LogP contribution is 2.32. The molecular formula is C18H30N2. The predicted octanol–water partition coefficient (Wildman–Crippen LogP) is 3.85. The van der Waals surface area contributed by atoms with Crippen molar-refractivity contribution >= 4 is 0 Å². The minimum absolute atomic E-state index is 0.431. The molecule has 2 heteroatoms. The number of hydrogen-bond acceptors (Lipinski definition) is 2. The molecule has 0 saturated carbocycles. The molecule has 0 radical (unpaired) electrons. The lowest BCUT2D eigenvalue weighted by atomic mass is 9.93. The van der Waals surface area contributed by atoms with Crippen molar-refractivity contribution in [3.63, 3.8) is 0 Å². The predicted molar refractivity (Wildman–Crippen MR) is 86.9 cm³/mol. The standard InChI is InChI=1S/C18H30N2/c1-5-16(20-13-9-12-17(20)14(2)3)18(19-4)15-10-7-6-8-11-15/h6-8,10-11,14,16-19H,5,9,12-13H2,1-4H3. The largest absolute Gasteiger partial charge is 0.312 e. The number of rotatable bonds is 6. The molecule has 1 aliphatic heterocycles. The molecule has 112 valence electrons. The first-order chi connectivity index (χ1) is 9.69. The average Bonchev–Trinajstić information content (AvgIpc) is 2.94. The summed E-state index contributed by atoms with van der Waals surface area (Å²) < 4.78 is 0. The fourth-order valence-corrected chi connectivity index (χ4v) is 3.85. The summed E-state index contributed by atoms with van der Waals surface area (Å²) >= 11 is 0. The van der Waals surface area contributed by atoms with Crippen molar-refractivity contribution in [3.8, 4) is 0 Å². The third-order valence-electron chi connectivity index (χ3n) is 4.81. The van der Waals surface area contributed by atoms with E-state index in [0.717, 1.165) is 12.0 Å². The molecule has 1 fully saturated rings. The Morgan fingerprint density at radius 1 is 1.25 bits per heavy atom. The van der Waals surface area contributed by atoms with Crippen LogP contribution < -0.4 is 5.32 Å². The normalized spacial score (nSPS) is 23.1. The van der Waals surface area contributed by atoms with E-state index in [1.165, 1.54) is 31.4 Å². The second-order valence-electron chi connectivity index (χ2n) is 6.34. The van der Waals surface area contributed by atoms with E-state index < -0.39 is 0 Å². The third kappa shape index (κ3) is 3.24. The van der Waals surface area contributed by atoms with Crippen LogP contribution in [0.2, 0.25) is 0 Å². The molecule has 3 atom stereocenters. The van der Waals surface area contributed by atoms with Crippen molar-refractivity contribution in [2.45, 2.75) is 58.2 Å². The summed E-state index contributed by atoms with van der Waals surface area (Å²) in [6.07, 6.45) is 3.91. The molecule has 1 N–H and O–H groups in total. The molecule has 0 amide bonds. The average molecular weight is 274 g/mol. The van der Waals surface area contributed by atoms with E-state index in [1.807, 2.05) is 0 Å². The summed E-state index contributed by atoms with van der Waals surface area (Å²) in [7, 11) is 2.10. The van der Waals surface area contributed by atoms with Gasteiger partial charge < -0.3 is 5.32 Å². The molecule has 2 nitrogen and oxygen atoms in total. The highest BCUT2D eigenvalue weighted by molar-refractivity contribution is 5.21. The molecule has 0 aromatic heterocycles. The molecule has 1 aromatic carbocycles. The number of likely N-dealkylation sites (N-methyl/N-ethyl adjacent to an activating group) is 1. The van der Waals surface area contributed by atoms with Gasteiger partial charge in [-0.2, -0.15) is 0 Å². The zero-order valence-electron chi connectivity index (χ0n) is 13.5. The van der Waals surface area contributed by atoms with Crippen LogP contribution in [-0.4, -0.2) is 30.6 Å². The van der Waals surface area contributed by atoms with Gasteiger partial charge >= 0.3 is 0 Å². The quantitative estimate of drug-likeness (QED) is 0.847. The van der Waals surface area contributed by atoms with Gasteiger partial charge in [0, 0.05) is 18.1 Å². The molecule has 0 aliphatic carbocycles. The second kappa shape index (κ2) is 7.24. The Labute approximate surface area is 124 Å². The molecule has 2 rings (SSSR count). The summed E-state index contributed by atoms with van der Waals surface area (Å²) in [5.41, 5.74) is 1.41. The van der Waals surface area contributed by atoms with Crippen molar-refractivity contribution in [3.05, 3.63) is 35.9 Å². The Morgan fingerprint density at radius 2 is 1.95 bits per heavy atom. The van der Waals surface area contributed by atoms with Crippen LogP contribution in [0.4, 0.5) is 0 Å². The minimum Gasteiger partial charge on any atom is -0.312 e. The van der Waals surface area contributed by atoms with Gasteiger partial charge in [0.05, 0.1) is 0 Å². The molecular weight excluding hydrogens is 244 g/mol. The number of likely N-dealkylation sites (tertiary alicyclic amines) is 1. The molecule has 1 heterocycles. The zero-order chi connectivity index (χ0) is 14.5. The summed E-state index contributed by atoms with van der Waals surface area (Å²) in [6.45, 7) is 8.32. The lowest BCUT2D eigenvalue weighted by molar-refractivity contribution is 0.114. The maximum Gasteiger partial charge on any atom is 0.0475 e. The van der Waals surface area contributed by atoms with Crippen LogP contribution in [0.15, 0.2) is 30.3 Å². The van der Waals surface area contributed by atoms with E-state index >= 15 is 0 Å². The highest BCUT2D eigenvalue weighted by atomic mass is 15.2. The van der Waals surface area contributed by atoms with Crippen LogP contribution in [0.25, 0.3) is 0 Å². The summed E-state index contributed by atoms with van der Waals surface area (Å²) in [5.74, 6) is 0.750. The first-order valence-electron chi connectivity index (χ1n) is 8.17. The molecule has 1 aliphatic rings. The van der Waals surface area contributed by atoms with E-state index in [-0.39, 0.29) is 0 Å². The van der Waals surface area contributed by atoms with E-state index in [1.54, 1.807) is 0 Å². The first kappa shape index (κ1) is 15.5. The van der Waals surface area contributed by atoms with Crippen LogP contribution >= 0.6 is 0 Å². The van der Waals surface area contributed by atoms with Crippen molar-refractivity contribution in [1.82, 2.24) is 10.2 Å². The van der Waals surface area contributed by atoms with Gasteiger partial charge in [-0.25, -0.2) is 0 Å². The van der Waals surface area contributed by atoms with Gasteiger partial charge in [0.25, 0.3) is 0 Å². The second-order valence-corrected chi connectivity index (χ2v) is 6.34. The highest BCUT2D eigenvalue weighted by Gasteiger charge is 2.35. The maximum atomic E-state index is 3.56. The molecule has 1 aromatic rings. The van der Waals surface area contributed by atoms with Gasteiger partial charge in [-0.05, 0) is 44.3 Å². The third-order valence-corrected chi connectivity index (χ3v) is 4.81. The van der Waals surface area contributed by atoms with Crippen molar-refractivity contribution < 1.29 is 0 Å². The fourth-order valence-electron chi connectivity index (χ4n) is 3.85. The topological polar surface area (TPSA) is 15.3 Å². The van der Waals surface area contributed by atoms with Gasteiger partial charge in [0.2, 0.25) is 0 Å². The molecule has 0 spiro atoms. The monoisotopic (exact) mass is 274 g/mol. The number of nitrogens with one attached hydrogen (secondary N) is 1. The van der Waals surface area contributed by atoms with Crippen molar-refractivity contribution in [2.75, 3.05) is 13.6 Å². The van der Waals surface area contributed by atoms with E-state index in [2.05, 4.69) is 68.4 Å². The Hall–Kier alpha value is -0.860. The van der Waals surface area contributed by atoms with E-state index in [4.69, 9.17) is 0 Å². The smallest absolute Gasteiger partial charge is 0.0475 e. The van der Waals surface area contributed by atoms with Crippen molar-refractivity contribution in [2.24, 2.45) is 5.92 Å². The first-order valence-corrected chi connectivity index (χ1v) is 8.17. The van der Waals surface area contributed by atoms with Gasteiger partial charge in [-0.1, -0.05) is 51.1 Å². The lowest BCUT2D eigenvalue weighted by Crippen LogP contribution is -2.47. The van der Waals surface area contributed by atoms with E-state index in [0.29, 0.717) is 12.1 Å². The number of benzene rings is 1. The minimum atomic E-state index is 0.431. The maximum absolute atomic E-state index is 3.56. The summed E-state index contributed by atoms with van der Waals surface area (Å²) in [6, 6.07) is 12.7. The van der Waals surface area contributed by atoms with Crippen LogP contribution in [0.1, 0.15) is 51.6 Å². The van der Waals surface area contributed by atoms with Gasteiger partial charge in [-0.3, -0.25) is 4.90 Å². The number of hydrogen-bond donors (Lipinski definition) is 1. The van der Waals surface area contributed by atoms with Gasteiger partial charge in [0.1, 0.15) is 0 Å². The molecule has 1 saturated heterocycles. The molecule has 20 heavy (non-hydrogen) atoms. The Kier molecular flexibility index (Phi) is 5.62. The van der Waals surface area contributed by atoms with E-state index in [9.17, 15) is 0 Å². The zero-order valence-corrected chi connectivity index (χ0v) is 13.5. The SMILES string of the molecule is CCC(C(NC)c1ccccc1)N1CCCC1C(C)C. The fraction of sp³-hybridized carbons (Fsp3) is 0.667. The summed E-state index contributed by atoms with van der Waals surface area (Å²) in [4.78, 5) is 2.76. The Bertz CT molecular complexity index is 388. The summed E-state index contributed by atoms with van der Waals surface area (Å²) in [5, 5.41) is 3.56. The lowest BCUT2D eigenvalue weighted by Gasteiger charge is -2.39. The van der Waals surface area contributed by atoms with Crippen LogP contribution in [0.3, 0.4) is 0 Å². The Balaban J connectivity index is 2.21. The molecule has 0 bridgehead atoms. The Morgan fingerprint density at radius 3 is 2.50 bits per heavy atom. The molecule has 3 unspecified atom stereocenters. The number of nitrogens with zero attached hydrogens (tertiary/aromatic N) is 1. The van der Waals surface area contributed by atoms with Gasteiger partial charge in [-0.15, -0.1) is 0 Å². The van der Waals surface area contributed by atoms with Crippen LogP contribution in [-0.2, 0) is 0 Å². The van der Waals surface area contributed by atoms with Crippen molar-refractivity contribution in [1.29, 1.82) is 0 Å².